The Morgan fingerprint density at radius 3 is 2.68 bits per heavy atom. The fourth-order valence-corrected chi connectivity index (χ4v) is 3.88. The molecule has 2 aromatic carbocycles. The number of nitrogens with one attached hydrogen (secondary N) is 1. The molecule has 1 unspecified atom stereocenters. The highest BCUT2D eigenvalue weighted by molar-refractivity contribution is 7.99. The average molecular weight is 358 g/mol. The first kappa shape index (κ1) is 18.0. The van der Waals surface area contributed by atoms with E-state index in [1.54, 1.807) is 23.9 Å². The maximum atomic E-state index is 12.9. The lowest BCUT2D eigenvalue weighted by molar-refractivity contribution is -0.121. The van der Waals surface area contributed by atoms with E-state index in [2.05, 4.69) is 34.5 Å². The number of thioether (sulfide) groups is 1. The third kappa shape index (κ3) is 5.87. The zero-order valence-corrected chi connectivity index (χ0v) is 15.0. The van der Waals surface area contributed by atoms with Crippen LogP contribution >= 0.6 is 11.8 Å². The molecule has 132 valence electrons. The highest BCUT2D eigenvalue weighted by atomic mass is 32.2. The molecule has 1 fully saturated rings. The fourth-order valence-electron chi connectivity index (χ4n) is 3.03. The quantitative estimate of drug-likeness (QED) is 0.766. The minimum Gasteiger partial charge on any atom is -0.352 e. The molecule has 0 aromatic heterocycles. The van der Waals surface area contributed by atoms with Gasteiger partial charge >= 0.3 is 0 Å². The van der Waals surface area contributed by atoms with Gasteiger partial charge in [0.05, 0.1) is 0 Å². The third-order valence-electron chi connectivity index (χ3n) is 4.30. The van der Waals surface area contributed by atoms with Crippen LogP contribution in [0.1, 0.15) is 18.4 Å². The van der Waals surface area contributed by atoms with Crippen molar-refractivity contribution in [3.05, 3.63) is 66.0 Å². The summed E-state index contributed by atoms with van der Waals surface area (Å²) in [5, 5.41) is 3.14. The van der Waals surface area contributed by atoms with Crippen molar-refractivity contribution in [2.45, 2.75) is 30.3 Å². The number of likely N-dealkylation sites (tertiary alicyclic amines) is 1. The summed E-state index contributed by atoms with van der Waals surface area (Å²) in [5.74, 6) is 0.572. The van der Waals surface area contributed by atoms with Crippen LogP contribution in [0.2, 0.25) is 0 Å². The molecule has 5 heteroatoms. The molecule has 2 aromatic rings. The maximum Gasteiger partial charge on any atom is 0.221 e. The summed E-state index contributed by atoms with van der Waals surface area (Å²) in [5.41, 5.74) is 1.31. The Kier molecular flexibility index (Phi) is 6.48. The van der Waals surface area contributed by atoms with Crippen molar-refractivity contribution >= 4 is 17.7 Å². The normalized spacial score (nSPS) is 17.6. The minimum atomic E-state index is -0.233. The predicted octanol–water partition coefficient (Wildman–Crippen LogP) is 3.70. The van der Waals surface area contributed by atoms with Crippen LogP contribution in [0, 0.1) is 5.82 Å². The Bertz CT molecular complexity index is 678. The molecule has 1 atom stereocenters. The summed E-state index contributed by atoms with van der Waals surface area (Å²) < 4.78 is 12.9. The lowest BCUT2D eigenvalue weighted by Gasteiger charge is -2.16. The molecule has 0 spiro atoms. The van der Waals surface area contributed by atoms with Gasteiger partial charge in [-0.2, -0.15) is 0 Å². The Morgan fingerprint density at radius 2 is 1.92 bits per heavy atom. The molecule has 25 heavy (non-hydrogen) atoms. The second kappa shape index (κ2) is 9.02. The van der Waals surface area contributed by atoms with Crippen molar-refractivity contribution in [2.75, 3.05) is 18.8 Å². The van der Waals surface area contributed by atoms with Gasteiger partial charge in [0.15, 0.2) is 0 Å². The van der Waals surface area contributed by atoms with Crippen LogP contribution in [-0.2, 0) is 11.3 Å². The number of amides is 1. The highest BCUT2D eigenvalue weighted by Gasteiger charge is 2.23. The molecule has 0 aliphatic carbocycles. The summed E-state index contributed by atoms with van der Waals surface area (Å²) in [6.07, 6.45) is 1.49. The van der Waals surface area contributed by atoms with E-state index < -0.39 is 0 Å². The van der Waals surface area contributed by atoms with Crippen LogP contribution < -0.4 is 5.32 Å². The molecular weight excluding hydrogens is 335 g/mol. The molecule has 0 radical (unpaired) electrons. The molecule has 0 saturated carbocycles. The maximum absolute atomic E-state index is 12.9. The molecule has 1 saturated heterocycles. The number of hydrogen-bond donors (Lipinski definition) is 1. The number of carbonyl (C=O) groups excluding carboxylic acids is 1. The lowest BCUT2D eigenvalue weighted by Crippen LogP contribution is -2.37. The van der Waals surface area contributed by atoms with E-state index in [1.807, 2.05) is 6.07 Å². The van der Waals surface area contributed by atoms with Gasteiger partial charge in [0.1, 0.15) is 5.82 Å². The summed E-state index contributed by atoms with van der Waals surface area (Å²) in [7, 11) is 0. The molecule has 1 amide bonds. The van der Waals surface area contributed by atoms with E-state index in [0.717, 1.165) is 31.0 Å². The van der Waals surface area contributed by atoms with Crippen molar-refractivity contribution in [3.63, 3.8) is 0 Å². The average Bonchev–Trinajstić information content (AvgIpc) is 3.04. The van der Waals surface area contributed by atoms with E-state index >= 15 is 0 Å². The topological polar surface area (TPSA) is 32.3 Å². The first-order chi connectivity index (χ1) is 12.2. The van der Waals surface area contributed by atoms with Crippen LogP contribution in [0.3, 0.4) is 0 Å². The smallest absolute Gasteiger partial charge is 0.221 e. The molecule has 0 bridgehead atoms. The van der Waals surface area contributed by atoms with Crippen molar-refractivity contribution in [3.8, 4) is 0 Å². The van der Waals surface area contributed by atoms with Crippen LogP contribution in [0.25, 0.3) is 0 Å². The molecular formula is C20H23FN2OS. The van der Waals surface area contributed by atoms with Crippen molar-refractivity contribution in [2.24, 2.45) is 0 Å². The van der Waals surface area contributed by atoms with Gasteiger partial charge in [-0.1, -0.05) is 30.3 Å². The number of rotatable bonds is 7. The van der Waals surface area contributed by atoms with Gasteiger partial charge in [0.2, 0.25) is 5.91 Å². The Hall–Kier alpha value is -1.85. The van der Waals surface area contributed by atoms with E-state index in [1.165, 1.54) is 17.7 Å². The predicted molar refractivity (Wildman–Crippen MR) is 100 cm³/mol. The number of benzene rings is 2. The van der Waals surface area contributed by atoms with E-state index in [-0.39, 0.29) is 17.8 Å². The summed E-state index contributed by atoms with van der Waals surface area (Å²) in [4.78, 5) is 15.5. The van der Waals surface area contributed by atoms with E-state index in [9.17, 15) is 9.18 Å². The second-order valence-corrected chi connectivity index (χ2v) is 7.49. The second-order valence-electron chi connectivity index (χ2n) is 6.33. The first-order valence-corrected chi connectivity index (χ1v) is 9.61. The highest BCUT2D eigenvalue weighted by Crippen LogP contribution is 2.19. The van der Waals surface area contributed by atoms with Crippen molar-refractivity contribution in [1.82, 2.24) is 10.2 Å². The van der Waals surface area contributed by atoms with Gasteiger partial charge in [-0.15, -0.1) is 11.8 Å². The molecule has 3 nitrogen and oxygen atoms in total. The Balaban J connectivity index is 1.35. The molecule has 1 N–H and O–H groups in total. The molecule has 3 rings (SSSR count). The van der Waals surface area contributed by atoms with Crippen molar-refractivity contribution < 1.29 is 9.18 Å². The van der Waals surface area contributed by atoms with Gasteiger partial charge in [0, 0.05) is 42.7 Å². The van der Waals surface area contributed by atoms with E-state index in [0.29, 0.717) is 12.2 Å². The third-order valence-corrected chi connectivity index (χ3v) is 5.31. The summed E-state index contributed by atoms with van der Waals surface area (Å²) in [6.45, 7) is 2.86. The van der Waals surface area contributed by atoms with Gasteiger partial charge in [-0.25, -0.2) is 4.39 Å². The Morgan fingerprint density at radius 1 is 1.16 bits per heavy atom. The van der Waals surface area contributed by atoms with Gasteiger partial charge in [0.25, 0.3) is 0 Å². The van der Waals surface area contributed by atoms with Gasteiger partial charge < -0.3 is 5.32 Å². The lowest BCUT2D eigenvalue weighted by atomic mass is 10.2. The van der Waals surface area contributed by atoms with E-state index in [4.69, 9.17) is 0 Å². The van der Waals surface area contributed by atoms with Gasteiger partial charge in [-0.3, -0.25) is 9.69 Å². The summed E-state index contributed by atoms with van der Waals surface area (Å²) in [6, 6.07) is 17.0. The standard InChI is InChI=1S/C20H23FN2OS/c21-17-6-8-19(9-7-17)25-13-11-20(24)22-18-10-12-23(15-18)14-16-4-2-1-3-5-16/h1-9,18H,10-15H2,(H,22,24). The largest absolute Gasteiger partial charge is 0.352 e. The number of halogens is 1. The van der Waals surface area contributed by atoms with Crippen LogP contribution in [0.5, 0.6) is 0 Å². The number of carbonyl (C=O) groups is 1. The van der Waals surface area contributed by atoms with Crippen LogP contribution in [-0.4, -0.2) is 35.7 Å². The zero-order chi connectivity index (χ0) is 17.5. The van der Waals surface area contributed by atoms with Gasteiger partial charge in [-0.05, 0) is 36.2 Å². The Labute approximate surface area is 152 Å². The summed E-state index contributed by atoms with van der Waals surface area (Å²) >= 11 is 1.58. The van der Waals surface area contributed by atoms with Crippen LogP contribution in [0.15, 0.2) is 59.5 Å². The van der Waals surface area contributed by atoms with Crippen LogP contribution in [0.4, 0.5) is 4.39 Å². The number of hydrogen-bond acceptors (Lipinski definition) is 3. The monoisotopic (exact) mass is 358 g/mol. The minimum absolute atomic E-state index is 0.0983. The molecule has 1 heterocycles. The molecule has 1 aliphatic rings. The van der Waals surface area contributed by atoms with Crippen molar-refractivity contribution in [1.29, 1.82) is 0 Å². The SMILES string of the molecule is O=C(CCSc1ccc(F)cc1)NC1CCN(Cc2ccccc2)C1. The fraction of sp³-hybridized carbons (Fsp3) is 0.350. The number of nitrogens with zero attached hydrogens (tertiary/aromatic N) is 1. The zero-order valence-electron chi connectivity index (χ0n) is 14.2. The first-order valence-electron chi connectivity index (χ1n) is 8.63. The molecule has 1 aliphatic heterocycles.